The van der Waals surface area contributed by atoms with Crippen LogP contribution in [0.1, 0.15) is 29.8 Å². The highest BCUT2D eigenvalue weighted by Crippen LogP contribution is 2.37. The van der Waals surface area contributed by atoms with Crippen LogP contribution in [-0.2, 0) is 14.8 Å². The van der Waals surface area contributed by atoms with E-state index >= 15 is 0 Å². The molecule has 1 atom stereocenters. The maximum absolute atomic E-state index is 12.6. The molecule has 1 spiro atoms. The minimum absolute atomic E-state index is 0.0834. The van der Waals surface area contributed by atoms with Crippen LogP contribution in [0.3, 0.4) is 0 Å². The monoisotopic (exact) mass is 407 g/mol. The van der Waals surface area contributed by atoms with Gasteiger partial charge in [-0.05, 0) is 42.8 Å². The molecule has 0 aromatic carbocycles. The number of hydrogen-bond acceptors (Lipinski definition) is 6. The second kappa shape index (κ2) is 7.31. The van der Waals surface area contributed by atoms with Crippen molar-refractivity contribution in [2.45, 2.75) is 35.1 Å². The van der Waals surface area contributed by atoms with Crippen LogP contribution in [0.15, 0.2) is 46.1 Å². The molecule has 4 heterocycles. The number of rotatable bonds is 4. The van der Waals surface area contributed by atoms with Crippen molar-refractivity contribution in [2.24, 2.45) is 0 Å². The molecule has 2 fully saturated rings. The molecule has 2 aliphatic rings. The van der Waals surface area contributed by atoms with E-state index in [0.29, 0.717) is 48.9 Å². The third-order valence-corrected chi connectivity index (χ3v) is 8.44. The highest BCUT2D eigenvalue weighted by molar-refractivity contribution is 7.91. The van der Waals surface area contributed by atoms with E-state index in [-0.39, 0.29) is 17.6 Å². The molecule has 4 rings (SSSR count). The Labute approximate surface area is 162 Å². The van der Waals surface area contributed by atoms with Crippen molar-refractivity contribution >= 4 is 27.3 Å². The molecule has 2 aromatic heterocycles. The van der Waals surface area contributed by atoms with Gasteiger partial charge < -0.3 is 10.1 Å². The SMILES string of the molecule is O=C(NC1COC2(CCN(S(=O)(=O)c3cccs3)CC2)C1)c1ccccn1. The molecule has 0 aliphatic carbocycles. The normalized spacial score (nSPS) is 22.7. The van der Waals surface area contributed by atoms with Gasteiger partial charge in [0.15, 0.2) is 0 Å². The summed E-state index contributed by atoms with van der Waals surface area (Å²) in [7, 11) is -3.42. The smallest absolute Gasteiger partial charge is 0.270 e. The first-order chi connectivity index (χ1) is 13.0. The maximum atomic E-state index is 12.6. The van der Waals surface area contributed by atoms with E-state index in [1.54, 1.807) is 41.9 Å². The van der Waals surface area contributed by atoms with Crippen molar-refractivity contribution in [1.29, 1.82) is 0 Å². The van der Waals surface area contributed by atoms with Crippen molar-refractivity contribution in [1.82, 2.24) is 14.6 Å². The molecule has 1 amide bonds. The van der Waals surface area contributed by atoms with Crippen LogP contribution in [0.25, 0.3) is 0 Å². The van der Waals surface area contributed by atoms with Crippen molar-refractivity contribution < 1.29 is 17.9 Å². The Balaban J connectivity index is 1.35. The Bertz CT molecular complexity index is 892. The van der Waals surface area contributed by atoms with Crippen LogP contribution in [0, 0.1) is 0 Å². The summed E-state index contributed by atoms with van der Waals surface area (Å²) in [6.07, 6.45) is 3.55. The summed E-state index contributed by atoms with van der Waals surface area (Å²) < 4.78 is 33.2. The second-order valence-electron chi connectivity index (χ2n) is 6.92. The number of nitrogens with one attached hydrogen (secondary N) is 1. The predicted molar refractivity (Wildman–Crippen MR) is 101 cm³/mol. The largest absolute Gasteiger partial charge is 0.373 e. The Morgan fingerprint density at radius 2 is 2.07 bits per heavy atom. The van der Waals surface area contributed by atoms with E-state index in [2.05, 4.69) is 10.3 Å². The predicted octanol–water partition coefficient (Wildman–Crippen LogP) is 1.89. The van der Waals surface area contributed by atoms with Crippen LogP contribution >= 0.6 is 11.3 Å². The summed E-state index contributed by atoms with van der Waals surface area (Å²) in [5, 5.41) is 4.75. The summed E-state index contributed by atoms with van der Waals surface area (Å²) in [5.41, 5.74) is 0.0269. The standard InChI is InChI=1S/C18H21N3O4S2/c22-17(15-4-1-2-8-19-15)20-14-12-18(25-13-14)6-9-21(10-7-18)27(23,24)16-5-3-11-26-16/h1-5,8,11,14H,6-7,9-10,12-13H2,(H,20,22). The van der Waals surface area contributed by atoms with E-state index in [9.17, 15) is 13.2 Å². The molecule has 1 unspecified atom stereocenters. The number of hydrogen-bond donors (Lipinski definition) is 1. The molecule has 0 bridgehead atoms. The third-order valence-electron chi connectivity index (χ3n) is 5.16. The van der Waals surface area contributed by atoms with Gasteiger partial charge in [-0.1, -0.05) is 12.1 Å². The first kappa shape index (κ1) is 18.5. The van der Waals surface area contributed by atoms with E-state index in [0.717, 1.165) is 0 Å². The van der Waals surface area contributed by atoms with Crippen molar-refractivity contribution in [3.8, 4) is 0 Å². The quantitative estimate of drug-likeness (QED) is 0.836. The first-order valence-electron chi connectivity index (χ1n) is 8.88. The Hall–Kier alpha value is -1.81. The molecule has 2 aliphatic heterocycles. The highest BCUT2D eigenvalue weighted by Gasteiger charge is 2.45. The lowest BCUT2D eigenvalue weighted by Crippen LogP contribution is -2.47. The van der Waals surface area contributed by atoms with Gasteiger partial charge in [0.25, 0.3) is 15.9 Å². The Morgan fingerprint density at radius 1 is 1.26 bits per heavy atom. The van der Waals surface area contributed by atoms with E-state index in [4.69, 9.17) is 4.74 Å². The summed E-state index contributed by atoms with van der Waals surface area (Å²) in [6.45, 7) is 1.30. The van der Waals surface area contributed by atoms with Gasteiger partial charge in [-0.3, -0.25) is 9.78 Å². The molecule has 144 valence electrons. The fourth-order valence-electron chi connectivity index (χ4n) is 3.71. The zero-order valence-corrected chi connectivity index (χ0v) is 16.3. The Kier molecular flexibility index (Phi) is 5.02. The third kappa shape index (κ3) is 3.77. The zero-order chi connectivity index (χ0) is 18.9. The summed E-state index contributed by atoms with van der Waals surface area (Å²) in [5.74, 6) is -0.209. The van der Waals surface area contributed by atoms with Gasteiger partial charge in [0.2, 0.25) is 0 Å². The van der Waals surface area contributed by atoms with Gasteiger partial charge in [0, 0.05) is 19.3 Å². The maximum Gasteiger partial charge on any atom is 0.270 e. The van der Waals surface area contributed by atoms with Gasteiger partial charge in [-0.2, -0.15) is 4.31 Å². The number of sulfonamides is 1. The number of pyridine rings is 1. The summed E-state index contributed by atoms with van der Waals surface area (Å²) in [4.78, 5) is 16.3. The lowest BCUT2D eigenvalue weighted by atomic mass is 9.88. The van der Waals surface area contributed by atoms with Gasteiger partial charge in [0.1, 0.15) is 9.90 Å². The number of aromatic nitrogens is 1. The highest BCUT2D eigenvalue weighted by atomic mass is 32.2. The number of carbonyl (C=O) groups is 1. The number of thiophene rings is 1. The fourth-order valence-corrected chi connectivity index (χ4v) is 6.30. The second-order valence-corrected chi connectivity index (χ2v) is 10.0. The number of nitrogens with zero attached hydrogens (tertiary/aromatic N) is 2. The Morgan fingerprint density at radius 3 is 2.74 bits per heavy atom. The van der Waals surface area contributed by atoms with Gasteiger partial charge >= 0.3 is 0 Å². The molecule has 27 heavy (non-hydrogen) atoms. The van der Waals surface area contributed by atoms with E-state index < -0.39 is 10.0 Å². The lowest BCUT2D eigenvalue weighted by Gasteiger charge is -2.37. The summed E-state index contributed by atoms with van der Waals surface area (Å²) in [6, 6.07) is 8.52. The van der Waals surface area contributed by atoms with Crippen LogP contribution in [0.4, 0.5) is 0 Å². The van der Waals surface area contributed by atoms with Gasteiger partial charge in [-0.25, -0.2) is 8.42 Å². The van der Waals surface area contributed by atoms with Crippen LogP contribution in [-0.4, -0.2) is 55.0 Å². The van der Waals surface area contributed by atoms with Crippen LogP contribution < -0.4 is 5.32 Å². The fraction of sp³-hybridized carbons (Fsp3) is 0.444. The van der Waals surface area contributed by atoms with Crippen molar-refractivity contribution in [3.63, 3.8) is 0 Å². The molecule has 0 radical (unpaired) electrons. The minimum atomic E-state index is -3.42. The molecule has 0 saturated carbocycles. The molecule has 1 N–H and O–H groups in total. The molecule has 2 saturated heterocycles. The first-order valence-corrected chi connectivity index (χ1v) is 11.2. The van der Waals surface area contributed by atoms with E-state index in [1.807, 2.05) is 0 Å². The topological polar surface area (TPSA) is 88.6 Å². The molecular formula is C18H21N3O4S2. The van der Waals surface area contributed by atoms with Gasteiger partial charge in [-0.15, -0.1) is 11.3 Å². The zero-order valence-electron chi connectivity index (χ0n) is 14.7. The number of piperidine rings is 1. The van der Waals surface area contributed by atoms with Crippen LogP contribution in [0.2, 0.25) is 0 Å². The van der Waals surface area contributed by atoms with Crippen molar-refractivity contribution in [3.05, 3.63) is 47.6 Å². The lowest BCUT2D eigenvalue weighted by molar-refractivity contribution is -0.0311. The average Bonchev–Trinajstić information content (AvgIpc) is 3.34. The van der Waals surface area contributed by atoms with Crippen molar-refractivity contribution in [2.75, 3.05) is 19.7 Å². The number of amides is 1. The number of carbonyl (C=O) groups excluding carboxylic acids is 1. The van der Waals surface area contributed by atoms with Gasteiger partial charge in [0.05, 0.1) is 18.2 Å². The van der Waals surface area contributed by atoms with E-state index in [1.165, 1.54) is 15.6 Å². The molecule has 7 nitrogen and oxygen atoms in total. The molecule has 2 aromatic rings. The minimum Gasteiger partial charge on any atom is -0.373 e. The number of ether oxygens (including phenoxy) is 1. The van der Waals surface area contributed by atoms with Crippen LogP contribution in [0.5, 0.6) is 0 Å². The molecule has 9 heteroatoms. The molecular weight excluding hydrogens is 386 g/mol. The summed E-state index contributed by atoms with van der Waals surface area (Å²) >= 11 is 1.24. The average molecular weight is 408 g/mol.